The van der Waals surface area contributed by atoms with Gasteiger partial charge in [-0.1, -0.05) is 13.8 Å². The van der Waals surface area contributed by atoms with Crippen molar-refractivity contribution in [1.29, 1.82) is 0 Å². The molecule has 0 aromatic rings. The van der Waals surface area contributed by atoms with Gasteiger partial charge in [0.25, 0.3) is 0 Å². The predicted octanol–water partition coefficient (Wildman–Crippen LogP) is 2.30. The molecule has 1 aliphatic rings. The third-order valence-electron chi connectivity index (χ3n) is 3.67. The Hall–Kier alpha value is -0.570. The van der Waals surface area contributed by atoms with Crippen LogP contribution in [0.2, 0.25) is 0 Å². The van der Waals surface area contributed by atoms with Crippen LogP contribution in [0.3, 0.4) is 0 Å². The molecule has 1 amide bonds. The van der Waals surface area contributed by atoms with E-state index in [4.69, 9.17) is 5.73 Å². The van der Waals surface area contributed by atoms with E-state index in [1.807, 2.05) is 0 Å². The average Bonchev–Trinajstić information content (AvgIpc) is 2.97. The molecule has 1 atom stereocenters. The fourth-order valence-electron chi connectivity index (χ4n) is 2.51. The summed E-state index contributed by atoms with van der Waals surface area (Å²) in [6.07, 6.45) is 4.11. The summed E-state index contributed by atoms with van der Waals surface area (Å²) in [5, 5.41) is 3.16. The van der Waals surface area contributed by atoms with Crippen molar-refractivity contribution in [2.75, 3.05) is 6.54 Å². The minimum absolute atomic E-state index is 0.0337. The minimum atomic E-state index is -0.0337. The first kappa shape index (κ1) is 14.5. The predicted molar refractivity (Wildman–Crippen MR) is 71.6 cm³/mol. The van der Waals surface area contributed by atoms with Crippen LogP contribution >= 0.6 is 0 Å². The summed E-state index contributed by atoms with van der Waals surface area (Å²) in [5.41, 5.74) is 5.69. The van der Waals surface area contributed by atoms with E-state index in [9.17, 15) is 4.79 Å². The van der Waals surface area contributed by atoms with Gasteiger partial charge in [-0.2, -0.15) is 0 Å². The molecule has 0 spiro atoms. The largest absolute Gasteiger partial charge is 0.351 e. The number of nitrogens with one attached hydrogen (secondary N) is 1. The molecule has 3 nitrogen and oxygen atoms in total. The third-order valence-corrected chi connectivity index (χ3v) is 3.67. The van der Waals surface area contributed by atoms with Crippen molar-refractivity contribution >= 4 is 5.91 Å². The van der Waals surface area contributed by atoms with Crippen LogP contribution in [0.1, 0.15) is 53.4 Å². The number of carbonyl (C=O) groups is 1. The maximum atomic E-state index is 12.0. The Morgan fingerprint density at radius 1 is 1.41 bits per heavy atom. The van der Waals surface area contributed by atoms with Crippen molar-refractivity contribution in [2.24, 2.45) is 23.5 Å². The van der Waals surface area contributed by atoms with E-state index in [2.05, 4.69) is 33.0 Å². The molecule has 0 aromatic heterocycles. The molecule has 0 heterocycles. The zero-order chi connectivity index (χ0) is 13.1. The Kier molecular flexibility index (Phi) is 4.99. The molecule has 0 aliphatic heterocycles. The van der Waals surface area contributed by atoms with Gasteiger partial charge in [0, 0.05) is 12.0 Å². The molecule has 0 unspecified atom stereocenters. The van der Waals surface area contributed by atoms with Crippen molar-refractivity contribution in [1.82, 2.24) is 5.32 Å². The maximum absolute atomic E-state index is 12.0. The SMILES string of the molecule is CC(C)C[C@H](CN)CC(=O)NC(C)(C)C1CC1. The lowest BCUT2D eigenvalue weighted by Gasteiger charge is -2.27. The summed E-state index contributed by atoms with van der Waals surface area (Å²) in [7, 11) is 0. The van der Waals surface area contributed by atoms with Crippen molar-refractivity contribution in [3.05, 3.63) is 0 Å². The first-order valence-electron chi connectivity index (χ1n) is 6.86. The molecule has 0 radical (unpaired) electrons. The van der Waals surface area contributed by atoms with E-state index in [1.54, 1.807) is 0 Å². The molecule has 1 saturated carbocycles. The highest BCUT2D eigenvalue weighted by Gasteiger charge is 2.38. The van der Waals surface area contributed by atoms with E-state index >= 15 is 0 Å². The van der Waals surface area contributed by atoms with Gasteiger partial charge in [-0.15, -0.1) is 0 Å². The highest BCUT2D eigenvalue weighted by atomic mass is 16.1. The Balaban J connectivity index is 2.36. The third kappa shape index (κ3) is 5.07. The molecule has 3 N–H and O–H groups in total. The summed E-state index contributed by atoms with van der Waals surface area (Å²) >= 11 is 0. The number of nitrogens with two attached hydrogens (primary N) is 1. The lowest BCUT2D eigenvalue weighted by molar-refractivity contribution is -0.123. The summed E-state index contributed by atoms with van der Waals surface area (Å²) in [6.45, 7) is 9.21. The topological polar surface area (TPSA) is 55.1 Å². The van der Waals surface area contributed by atoms with Gasteiger partial charge in [0.05, 0.1) is 0 Å². The van der Waals surface area contributed by atoms with E-state index in [0.717, 1.165) is 6.42 Å². The molecule has 3 heteroatoms. The molecule has 1 aliphatic carbocycles. The Morgan fingerprint density at radius 3 is 2.41 bits per heavy atom. The van der Waals surface area contributed by atoms with Gasteiger partial charge < -0.3 is 11.1 Å². The quantitative estimate of drug-likeness (QED) is 0.717. The summed E-state index contributed by atoms with van der Waals surface area (Å²) in [4.78, 5) is 12.0. The van der Waals surface area contributed by atoms with Crippen molar-refractivity contribution < 1.29 is 4.79 Å². The molecule has 0 saturated heterocycles. The van der Waals surface area contributed by atoms with Crippen LogP contribution in [0.25, 0.3) is 0 Å². The smallest absolute Gasteiger partial charge is 0.220 e. The first-order chi connectivity index (χ1) is 7.85. The zero-order valence-corrected chi connectivity index (χ0v) is 11.8. The number of carbonyl (C=O) groups excluding carboxylic acids is 1. The zero-order valence-electron chi connectivity index (χ0n) is 11.8. The van der Waals surface area contributed by atoms with Crippen LogP contribution in [0.5, 0.6) is 0 Å². The monoisotopic (exact) mass is 240 g/mol. The van der Waals surface area contributed by atoms with Crippen LogP contribution in [-0.4, -0.2) is 18.0 Å². The van der Waals surface area contributed by atoms with Crippen LogP contribution in [0.15, 0.2) is 0 Å². The molecule has 0 bridgehead atoms. The highest BCUT2D eigenvalue weighted by Crippen LogP contribution is 2.39. The van der Waals surface area contributed by atoms with E-state index in [0.29, 0.717) is 30.7 Å². The van der Waals surface area contributed by atoms with Gasteiger partial charge in [-0.3, -0.25) is 4.79 Å². The van der Waals surface area contributed by atoms with E-state index in [1.165, 1.54) is 12.8 Å². The Labute approximate surface area is 106 Å². The summed E-state index contributed by atoms with van der Waals surface area (Å²) < 4.78 is 0. The highest BCUT2D eigenvalue weighted by molar-refractivity contribution is 5.77. The number of hydrogen-bond donors (Lipinski definition) is 2. The number of amides is 1. The Bertz CT molecular complexity index is 257. The lowest BCUT2D eigenvalue weighted by Crippen LogP contribution is -2.46. The number of hydrogen-bond acceptors (Lipinski definition) is 2. The summed E-state index contributed by atoms with van der Waals surface area (Å²) in [6, 6.07) is 0. The molecule has 100 valence electrons. The van der Waals surface area contributed by atoms with Crippen LogP contribution in [-0.2, 0) is 4.79 Å². The number of rotatable bonds is 7. The van der Waals surface area contributed by atoms with Crippen molar-refractivity contribution in [3.8, 4) is 0 Å². The first-order valence-corrected chi connectivity index (χ1v) is 6.86. The fraction of sp³-hybridized carbons (Fsp3) is 0.929. The molecule has 1 fully saturated rings. The normalized spacial score (nSPS) is 18.2. The van der Waals surface area contributed by atoms with Gasteiger partial charge in [-0.25, -0.2) is 0 Å². The lowest BCUT2D eigenvalue weighted by atomic mass is 9.92. The van der Waals surface area contributed by atoms with Crippen molar-refractivity contribution in [2.45, 2.75) is 58.9 Å². The molecule has 17 heavy (non-hydrogen) atoms. The van der Waals surface area contributed by atoms with E-state index in [-0.39, 0.29) is 11.4 Å². The van der Waals surface area contributed by atoms with Gasteiger partial charge in [0.1, 0.15) is 0 Å². The van der Waals surface area contributed by atoms with Gasteiger partial charge >= 0.3 is 0 Å². The fourth-order valence-corrected chi connectivity index (χ4v) is 2.51. The second-order valence-electron chi connectivity index (χ2n) is 6.48. The Morgan fingerprint density at radius 2 is 2.00 bits per heavy atom. The van der Waals surface area contributed by atoms with Crippen molar-refractivity contribution in [3.63, 3.8) is 0 Å². The van der Waals surface area contributed by atoms with E-state index < -0.39 is 0 Å². The minimum Gasteiger partial charge on any atom is -0.351 e. The molecular formula is C14H28N2O. The van der Waals surface area contributed by atoms with Gasteiger partial charge in [0.15, 0.2) is 0 Å². The summed E-state index contributed by atoms with van der Waals surface area (Å²) in [5.74, 6) is 1.77. The molecular weight excluding hydrogens is 212 g/mol. The second kappa shape index (κ2) is 5.85. The van der Waals surface area contributed by atoms with Crippen LogP contribution in [0, 0.1) is 17.8 Å². The standard InChI is InChI=1S/C14H28N2O/c1-10(2)7-11(9-15)8-13(17)16-14(3,4)12-5-6-12/h10-12H,5-9,15H2,1-4H3,(H,16,17)/t11-/m0/s1. The van der Waals surface area contributed by atoms with Crippen LogP contribution < -0.4 is 11.1 Å². The second-order valence-corrected chi connectivity index (χ2v) is 6.48. The maximum Gasteiger partial charge on any atom is 0.220 e. The molecule has 0 aromatic carbocycles. The van der Waals surface area contributed by atoms with Crippen LogP contribution in [0.4, 0.5) is 0 Å². The average molecular weight is 240 g/mol. The van der Waals surface area contributed by atoms with Gasteiger partial charge in [-0.05, 0) is 57.4 Å². The molecule has 1 rings (SSSR count). The van der Waals surface area contributed by atoms with Gasteiger partial charge in [0.2, 0.25) is 5.91 Å².